The standard InChI is InChI=1S/C9H14N6O3S/c1-6(8-12-11-5-15(8)2)14-19(17,18)9-7(4-16)3-10-13-9/h3,5-6,14,16H,4H2,1-2H3,(H,10,13). The first kappa shape index (κ1) is 13.6. The van der Waals surface area contributed by atoms with Crippen molar-refractivity contribution in [2.45, 2.75) is 24.6 Å². The Hall–Kier alpha value is -1.78. The fourth-order valence-corrected chi connectivity index (χ4v) is 3.00. The van der Waals surface area contributed by atoms with Gasteiger partial charge in [-0.05, 0) is 6.92 Å². The summed E-state index contributed by atoms with van der Waals surface area (Å²) in [5, 5.41) is 22.4. The lowest BCUT2D eigenvalue weighted by Gasteiger charge is -2.12. The maximum Gasteiger partial charge on any atom is 0.258 e. The number of aromatic amines is 1. The molecule has 0 aromatic carbocycles. The van der Waals surface area contributed by atoms with E-state index in [0.29, 0.717) is 5.82 Å². The number of H-pyrrole nitrogens is 1. The molecule has 2 rings (SSSR count). The summed E-state index contributed by atoms with van der Waals surface area (Å²) in [5.41, 5.74) is 0.206. The maximum atomic E-state index is 12.1. The van der Waals surface area contributed by atoms with Gasteiger partial charge in [0.25, 0.3) is 10.0 Å². The number of hydrogen-bond donors (Lipinski definition) is 3. The van der Waals surface area contributed by atoms with Crippen molar-refractivity contribution in [2.75, 3.05) is 0 Å². The van der Waals surface area contributed by atoms with Crippen LogP contribution in [0.25, 0.3) is 0 Å². The summed E-state index contributed by atoms with van der Waals surface area (Å²) in [6, 6.07) is -0.563. The second kappa shape index (κ2) is 5.07. The van der Waals surface area contributed by atoms with E-state index < -0.39 is 22.7 Å². The smallest absolute Gasteiger partial charge is 0.258 e. The van der Waals surface area contributed by atoms with Gasteiger partial charge in [-0.25, -0.2) is 8.42 Å². The first-order valence-electron chi connectivity index (χ1n) is 5.45. The summed E-state index contributed by atoms with van der Waals surface area (Å²) in [6.45, 7) is 1.24. The summed E-state index contributed by atoms with van der Waals surface area (Å²) >= 11 is 0. The van der Waals surface area contributed by atoms with E-state index >= 15 is 0 Å². The van der Waals surface area contributed by atoms with Crippen LogP contribution in [-0.2, 0) is 23.7 Å². The predicted molar refractivity (Wildman–Crippen MR) is 64.3 cm³/mol. The minimum Gasteiger partial charge on any atom is -0.392 e. The summed E-state index contributed by atoms with van der Waals surface area (Å²) in [7, 11) is -2.09. The van der Waals surface area contributed by atoms with E-state index in [-0.39, 0.29) is 10.6 Å². The molecule has 2 heterocycles. The van der Waals surface area contributed by atoms with E-state index in [9.17, 15) is 8.42 Å². The Labute approximate surface area is 109 Å². The number of sulfonamides is 1. The van der Waals surface area contributed by atoms with Crippen LogP contribution in [0, 0.1) is 0 Å². The van der Waals surface area contributed by atoms with Gasteiger partial charge in [-0.2, -0.15) is 9.82 Å². The molecule has 0 saturated carbocycles. The maximum absolute atomic E-state index is 12.1. The molecule has 3 N–H and O–H groups in total. The molecule has 1 atom stereocenters. The molecule has 0 aliphatic heterocycles. The van der Waals surface area contributed by atoms with Crippen LogP contribution in [0.3, 0.4) is 0 Å². The largest absolute Gasteiger partial charge is 0.392 e. The van der Waals surface area contributed by atoms with Crippen LogP contribution >= 0.6 is 0 Å². The highest BCUT2D eigenvalue weighted by atomic mass is 32.2. The van der Waals surface area contributed by atoms with Crippen LogP contribution in [0.4, 0.5) is 0 Å². The van der Waals surface area contributed by atoms with Crippen LogP contribution in [-0.4, -0.2) is 38.5 Å². The van der Waals surface area contributed by atoms with Gasteiger partial charge >= 0.3 is 0 Å². The van der Waals surface area contributed by atoms with E-state index in [1.165, 1.54) is 12.5 Å². The number of aliphatic hydroxyl groups is 1. The quantitative estimate of drug-likeness (QED) is 0.652. The SMILES string of the molecule is CC(NS(=O)(=O)c1[nH]ncc1CO)c1nncn1C. The van der Waals surface area contributed by atoms with Crippen molar-refractivity contribution < 1.29 is 13.5 Å². The van der Waals surface area contributed by atoms with Crippen molar-refractivity contribution >= 4 is 10.0 Å². The Balaban J connectivity index is 2.25. The lowest BCUT2D eigenvalue weighted by molar-refractivity contribution is 0.278. The molecule has 0 amide bonds. The molecule has 19 heavy (non-hydrogen) atoms. The van der Waals surface area contributed by atoms with Gasteiger partial charge in [0.15, 0.2) is 5.03 Å². The fourth-order valence-electron chi connectivity index (χ4n) is 1.67. The first-order valence-corrected chi connectivity index (χ1v) is 6.93. The van der Waals surface area contributed by atoms with Crippen LogP contribution in [0.1, 0.15) is 24.4 Å². The van der Waals surface area contributed by atoms with Crippen LogP contribution in [0.15, 0.2) is 17.6 Å². The molecule has 0 fully saturated rings. The molecule has 1 unspecified atom stereocenters. The van der Waals surface area contributed by atoms with E-state index in [0.717, 1.165) is 0 Å². The monoisotopic (exact) mass is 286 g/mol. The van der Waals surface area contributed by atoms with Gasteiger partial charge in [-0.15, -0.1) is 10.2 Å². The minimum absolute atomic E-state index is 0.149. The highest BCUT2D eigenvalue weighted by Gasteiger charge is 2.24. The molecule has 0 spiro atoms. The third-order valence-electron chi connectivity index (χ3n) is 2.58. The van der Waals surface area contributed by atoms with Crippen LogP contribution in [0.5, 0.6) is 0 Å². The molecule has 0 aliphatic rings. The number of aryl methyl sites for hydroxylation is 1. The highest BCUT2D eigenvalue weighted by Crippen LogP contribution is 2.16. The fraction of sp³-hybridized carbons (Fsp3) is 0.444. The molecular formula is C9H14N6O3S. The average Bonchev–Trinajstić information content (AvgIpc) is 2.96. The van der Waals surface area contributed by atoms with Gasteiger partial charge in [0.2, 0.25) is 0 Å². The summed E-state index contributed by atoms with van der Waals surface area (Å²) < 4.78 is 28.3. The van der Waals surface area contributed by atoms with Gasteiger partial charge < -0.3 is 9.67 Å². The van der Waals surface area contributed by atoms with Crippen molar-refractivity contribution in [1.82, 2.24) is 29.7 Å². The molecule has 0 bridgehead atoms. The Morgan fingerprint density at radius 1 is 1.58 bits per heavy atom. The van der Waals surface area contributed by atoms with Crippen molar-refractivity contribution in [1.29, 1.82) is 0 Å². The van der Waals surface area contributed by atoms with Gasteiger partial charge in [0.1, 0.15) is 12.2 Å². The van der Waals surface area contributed by atoms with Crippen molar-refractivity contribution in [2.24, 2.45) is 7.05 Å². The van der Waals surface area contributed by atoms with Gasteiger partial charge in [0, 0.05) is 12.6 Å². The summed E-state index contributed by atoms with van der Waals surface area (Å²) in [6.07, 6.45) is 2.75. The van der Waals surface area contributed by atoms with Crippen LogP contribution < -0.4 is 4.72 Å². The van der Waals surface area contributed by atoms with Gasteiger partial charge in [0.05, 0.1) is 18.8 Å². The topological polar surface area (TPSA) is 126 Å². The Bertz CT molecular complexity index is 661. The zero-order valence-corrected chi connectivity index (χ0v) is 11.2. The van der Waals surface area contributed by atoms with Crippen molar-refractivity contribution in [3.8, 4) is 0 Å². The lowest BCUT2D eigenvalue weighted by Crippen LogP contribution is -2.29. The molecule has 0 saturated heterocycles. The second-order valence-corrected chi connectivity index (χ2v) is 5.68. The number of hydrogen-bond acceptors (Lipinski definition) is 6. The average molecular weight is 286 g/mol. The number of aliphatic hydroxyl groups excluding tert-OH is 1. The predicted octanol–water partition coefficient (Wildman–Crippen LogP) is -0.930. The van der Waals surface area contributed by atoms with E-state index in [4.69, 9.17) is 5.11 Å². The zero-order valence-electron chi connectivity index (χ0n) is 10.4. The van der Waals surface area contributed by atoms with Crippen LogP contribution in [0.2, 0.25) is 0 Å². The molecule has 9 nitrogen and oxygen atoms in total. The Morgan fingerprint density at radius 2 is 2.32 bits per heavy atom. The van der Waals surface area contributed by atoms with Gasteiger partial charge in [-0.3, -0.25) is 5.10 Å². The Morgan fingerprint density at radius 3 is 2.89 bits per heavy atom. The number of rotatable bonds is 5. The minimum atomic E-state index is -3.81. The van der Waals surface area contributed by atoms with Crippen molar-refractivity contribution in [3.63, 3.8) is 0 Å². The molecule has 10 heteroatoms. The normalized spacial score (nSPS) is 13.6. The third kappa shape index (κ3) is 2.64. The molecule has 0 aliphatic carbocycles. The molecular weight excluding hydrogens is 272 g/mol. The molecule has 2 aromatic heterocycles. The number of nitrogens with one attached hydrogen (secondary N) is 2. The van der Waals surface area contributed by atoms with E-state index in [2.05, 4.69) is 25.1 Å². The number of nitrogens with zero attached hydrogens (tertiary/aromatic N) is 4. The molecule has 2 aromatic rings. The summed E-state index contributed by atoms with van der Waals surface area (Å²) in [4.78, 5) is 0. The second-order valence-electron chi connectivity index (χ2n) is 4.03. The zero-order chi connectivity index (χ0) is 14.0. The molecule has 0 radical (unpaired) electrons. The summed E-state index contributed by atoms with van der Waals surface area (Å²) in [5.74, 6) is 0.480. The molecule has 104 valence electrons. The van der Waals surface area contributed by atoms with E-state index in [1.807, 2.05) is 0 Å². The third-order valence-corrected chi connectivity index (χ3v) is 4.14. The highest BCUT2D eigenvalue weighted by molar-refractivity contribution is 7.89. The first-order chi connectivity index (χ1) is 8.95. The lowest BCUT2D eigenvalue weighted by atomic mass is 10.3. The van der Waals surface area contributed by atoms with E-state index in [1.54, 1.807) is 18.5 Å². The number of aromatic nitrogens is 5. The van der Waals surface area contributed by atoms with Gasteiger partial charge in [-0.1, -0.05) is 0 Å². The van der Waals surface area contributed by atoms with Crippen molar-refractivity contribution in [3.05, 3.63) is 23.9 Å². The Kier molecular flexibility index (Phi) is 3.64.